The summed E-state index contributed by atoms with van der Waals surface area (Å²) in [7, 11) is -3.80. The van der Waals surface area contributed by atoms with Gasteiger partial charge in [0, 0.05) is 17.9 Å². The van der Waals surface area contributed by atoms with Gasteiger partial charge < -0.3 is 5.32 Å². The van der Waals surface area contributed by atoms with Crippen LogP contribution in [0.3, 0.4) is 0 Å². The highest BCUT2D eigenvalue weighted by Gasteiger charge is 2.36. The standard InChI is InChI=1S/C34H34N4O3S/c1-24-10-17-29(18-11-24)42(40,41)37-28-16-19-31-30(22-28)32(34(39)36-31)33(26-8-4-2-5-9-26)35-27-14-12-25(13-15-27)23-38-20-6-3-7-21-38/h2,4-5,8-19,22,32,37H,3,6-7,20-21,23H2,1H3,(H,36,39). The number of likely N-dealkylation sites (tertiary alicyclic amines) is 1. The van der Waals surface area contributed by atoms with E-state index in [4.69, 9.17) is 4.99 Å². The number of piperidine rings is 1. The van der Waals surface area contributed by atoms with Crippen LogP contribution in [0.25, 0.3) is 0 Å². The van der Waals surface area contributed by atoms with Crippen molar-refractivity contribution in [1.29, 1.82) is 0 Å². The molecule has 4 aromatic carbocycles. The smallest absolute Gasteiger partial charge is 0.261 e. The van der Waals surface area contributed by atoms with Gasteiger partial charge in [0.15, 0.2) is 0 Å². The molecule has 1 atom stereocenters. The molecule has 0 radical (unpaired) electrons. The lowest BCUT2D eigenvalue weighted by molar-refractivity contribution is -0.115. The Morgan fingerprint density at radius 3 is 2.33 bits per heavy atom. The van der Waals surface area contributed by atoms with Crippen LogP contribution in [0.4, 0.5) is 17.1 Å². The lowest BCUT2D eigenvalue weighted by Gasteiger charge is -2.26. The molecule has 2 N–H and O–H groups in total. The number of hydrogen-bond acceptors (Lipinski definition) is 5. The highest BCUT2D eigenvalue weighted by Crippen LogP contribution is 2.38. The van der Waals surface area contributed by atoms with Crippen LogP contribution in [0.15, 0.2) is 107 Å². The summed E-state index contributed by atoms with van der Waals surface area (Å²) in [5.41, 5.74) is 6.11. The SMILES string of the molecule is Cc1ccc(S(=O)(=O)Nc2ccc3c(c2)C(C(=Nc2ccc(CN4CCCCC4)cc2)c2ccccc2)C(=O)N3)cc1. The molecule has 42 heavy (non-hydrogen) atoms. The number of anilines is 2. The minimum atomic E-state index is -3.80. The van der Waals surface area contributed by atoms with Gasteiger partial charge in [-0.2, -0.15) is 0 Å². The van der Waals surface area contributed by atoms with Crippen molar-refractivity contribution in [2.24, 2.45) is 4.99 Å². The third kappa shape index (κ3) is 6.15. The van der Waals surface area contributed by atoms with Gasteiger partial charge in [0.1, 0.15) is 5.92 Å². The summed E-state index contributed by atoms with van der Waals surface area (Å²) in [6.45, 7) is 5.11. The number of nitrogens with one attached hydrogen (secondary N) is 2. The number of fused-ring (bicyclic) bond motifs is 1. The van der Waals surface area contributed by atoms with Crippen molar-refractivity contribution >= 4 is 38.7 Å². The van der Waals surface area contributed by atoms with Gasteiger partial charge in [-0.05, 0) is 92.0 Å². The lowest BCUT2D eigenvalue weighted by atomic mass is 9.90. The van der Waals surface area contributed by atoms with Gasteiger partial charge in [0.05, 0.1) is 16.3 Å². The number of nitrogens with zero attached hydrogens (tertiary/aromatic N) is 2. The molecule has 0 aromatic heterocycles. The molecule has 214 valence electrons. The molecule has 2 aliphatic heterocycles. The number of carbonyl (C=O) groups excluding carboxylic acids is 1. The first-order valence-corrected chi connectivity index (χ1v) is 15.8. The molecular weight excluding hydrogens is 544 g/mol. The average molecular weight is 579 g/mol. The second-order valence-corrected chi connectivity index (χ2v) is 12.7. The summed E-state index contributed by atoms with van der Waals surface area (Å²) in [6.07, 6.45) is 3.82. The van der Waals surface area contributed by atoms with E-state index in [1.165, 1.54) is 24.8 Å². The van der Waals surface area contributed by atoms with Crippen LogP contribution in [0.5, 0.6) is 0 Å². The zero-order valence-electron chi connectivity index (χ0n) is 23.6. The van der Waals surface area contributed by atoms with Gasteiger partial charge in [0.2, 0.25) is 5.91 Å². The number of benzene rings is 4. The Morgan fingerprint density at radius 1 is 0.905 bits per heavy atom. The van der Waals surface area contributed by atoms with Crippen LogP contribution in [-0.2, 0) is 21.4 Å². The Balaban J connectivity index is 1.32. The molecule has 2 heterocycles. The first kappa shape index (κ1) is 27.9. The molecule has 2 aliphatic rings. The third-order valence-corrected chi connectivity index (χ3v) is 9.25. The topological polar surface area (TPSA) is 90.9 Å². The van der Waals surface area contributed by atoms with Crippen LogP contribution < -0.4 is 10.0 Å². The third-order valence-electron chi connectivity index (χ3n) is 7.85. The highest BCUT2D eigenvalue weighted by atomic mass is 32.2. The van der Waals surface area contributed by atoms with Crippen LogP contribution >= 0.6 is 0 Å². The normalized spacial score (nSPS) is 17.5. The Hall–Kier alpha value is -4.27. The zero-order valence-corrected chi connectivity index (χ0v) is 24.4. The number of sulfonamides is 1. The molecule has 0 bridgehead atoms. The van der Waals surface area contributed by atoms with Crippen molar-refractivity contribution in [3.8, 4) is 0 Å². The maximum Gasteiger partial charge on any atom is 0.261 e. The van der Waals surface area contributed by atoms with Crippen molar-refractivity contribution in [1.82, 2.24) is 4.90 Å². The second-order valence-electron chi connectivity index (χ2n) is 11.0. The molecule has 1 fully saturated rings. The van der Waals surface area contributed by atoms with Crippen LogP contribution in [0.2, 0.25) is 0 Å². The van der Waals surface area contributed by atoms with Crippen molar-refractivity contribution in [2.75, 3.05) is 23.1 Å². The van der Waals surface area contributed by atoms with Crippen molar-refractivity contribution < 1.29 is 13.2 Å². The Kier molecular flexibility index (Phi) is 7.91. The predicted molar refractivity (Wildman–Crippen MR) is 168 cm³/mol. The molecule has 0 aliphatic carbocycles. The van der Waals surface area contributed by atoms with E-state index in [1.807, 2.05) is 49.4 Å². The van der Waals surface area contributed by atoms with Crippen LogP contribution in [0, 0.1) is 6.92 Å². The molecule has 0 spiro atoms. The molecule has 0 saturated carbocycles. The summed E-state index contributed by atoms with van der Waals surface area (Å²) < 4.78 is 28.9. The van der Waals surface area contributed by atoms with Crippen molar-refractivity contribution in [3.63, 3.8) is 0 Å². The minimum Gasteiger partial charge on any atom is -0.325 e. The number of aliphatic imine (C=N–C) groups is 1. The summed E-state index contributed by atoms with van der Waals surface area (Å²) in [5.74, 6) is -0.910. The summed E-state index contributed by atoms with van der Waals surface area (Å²) in [4.78, 5) is 21.1. The van der Waals surface area contributed by atoms with E-state index in [2.05, 4.69) is 27.1 Å². The summed E-state index contributed by atoms with van der Waals surface area (Å²) >= 11 is 0. The number of aryl methyl sites for hydroxylation is 1. The van der Waals surface area contributed by atoms with Crippen LogP contribution in [-0.4, -0.2) is 38.0 Å². The lowest BCUT2D eigenvalue weighted by Crippen LogP contribution is -2.28. The number of carbonyl (C=O) groups is 1. The fraction of sp³-hybridized carbons (Fsp3) is 0.235. The van der Waals surface area contributed by atoms with Gasteiger partial charge in [-0.25, -0.2) is 8.42 Å². The zero-order chi connectivity index (χ0) is 29.1. The quantitative estimate of drug-likeness (QED) is 0.229. The first-order valence-electron chi connectivity index (χ1n) is 14.4. The Bertz CT molecular complexity index is 1710. The monoisotopic (exact) mass is 578 g/mol. The molecule has 7 nitrogen and oxygen atoms in total. The number of amides is 1. The van der Waals surface area contributed by atoms with Gasteiger partial charge in [-0.15, -0.1) is 0 Å². The average Bonchev–Trinajstić information content (AvgIpc) is 3.32. The molecule has 4 aromatic rings. The van der Waals surface area contributed by atoms with E-state index < -0.39 is 15.9 Å². The van der Waals surface area contributed by atoms with E-state index in [0.29, 0.717) is 22.6 Å². The van der Waals surface area contributed by atoms with E-state index in [9.17, 15) is 13.2 Å². The second kappa shape index (κ2) is 11.9. The highest BCUT2D eigenvalue weighted by molar-refractivity contribution is 7.92. The van der Waals surface area contributed by atoms with Gasteiger partial charge >= 0.3 is 0 Å². The molecule has 6 rings (SSSR count). The largest absolute Gasteiger partial charge is 0.325 e. The first-order chi connectivity index (χ1) is 20.4. The fourth-order valence-electron chi connectivity index (χ4n) is 5.62. The molecule has 1 amide bonds. The minimum absolute atomic E-state index is 0.176. The maximum absolute atomic E-state index is 13.4. The van der Waals surface area contributed by atoms with Crippen molar-refractivity contribution in [2.45, 2.75) is 43.5 Å². The van der Waals surface area contributed by atoms with E-state index in [-0.39, 0.29) is 10.8 Å². The van der Waals surface area contributed by atoms with E-state index >= 15 is 0 Å². The maximum atomic E-state index is 13.4. The number of hydrogen-bond donors (Lipinski definition) is 2. The van der Waals surface area contributed by atoms with Gasteiger partial charge in [-0.3, -0.25) is 19.4 Å². The van der Waals surface area contributed by atoms with E-state index in [0.717, 1.165) is 36.4 Å². The van der Waals surface area contributed by atoms with Gasteiger partial charge in [0.25, 0.3) is 10.0 Å². The Morgan fingerprint density at radius 2 is 1.62 bits per heavy atom. The fourth-order valence-corrected chi connectivity index (χ4v) is 6.67. The molecular formula is C34H34N4O3S. The van der Waals surface area contributed by atoms with Gasteiger partial charge in [-0.1, -0.05) is 66.6 Å². The van der Waals surface area contributed by atoms with Crippen LogP contribution in [0.1, 0.15) is 47.4 Å². The molecule has 1 unspecified atom stereocenters. The number of rotatable bonds is 8. The molecule has 1 saturated heterocycles. The Labute approximate surface area is 247 Å². The molecule has 8 heteroatoms. The summed E-state index contributed by atoms with van der Waals surface area (Å²) in [5, 5.41) is 2.96. The summed E-state index contributed by atoms with van der Waals surface area (Å²) in [6, 6.07) is 29.7. The van der Waals surface area contributed by atoms with E-state index in [1.54, 1.807) is 42.5 Å². The van der Waals surface area contributed by atoms with Crippen molar-refractivity contribution in [3.05, 3.63) is 119 Å². The predicted octanol–water partition coefficient (Wildman–Crippen LogP) is 6.64.